The van der Waals surface area contributed by atoms with Gasteiger partial charge >= 0.3 is 11.9 Å². The summed E-state index contributed by atoms with van der Waals surface area (Å²) in [4.78, 5) is 23.9. The van der Waals surface area contributed by atoms with Crippen molar-refractivity contribution in [3.8, 4) is 0 Å². The van der Waals surface area contributed by atoms with Crippen LogP contribution < -0.4 is 0 Å². The molecule has 3 rings (SSSR count). The van der Waals surface area contributed by atoms with Gasteiger partial charge < -0.3 is 38.0 Å². The Hall–Kier alpha value is -3.18. The summed E-state index contributed by atoms with van der Waals surface area (Å²) in [6.07, 6.45) is 1.31. The monoisotopic (exact) mass is 434 g/mol. The van der Waals surface area contributed by atoms with Gasteiger partial charge in [-0.05, 0) is 36.4 Å². The lowest BCUT2D eigenvalue weighted by molar-refractivity contribution is -0.297. The highest BCUT2D eigenvalue weighted by atomic mass is 16.7. The summed E-state index contributed by atoms with van der Waals surface area (Å²) >= 11 is 0. The van der Waals surface area contributed by atoms with Gasteiger partial charge in [0.2, 0.25) is 0 Å². The van der Waals surface area contributed by atoms with Crippen molar-refractivity contribution >= 4 is 24.1 Å². The van der Waals surface area contributed by atoms with Crippen molar-refractivity contribution in [2.24, 2.45) is 0 Å². The second kappa shape index (κ2) is 10.7. The number of aliphatic hydroxyl groups excluding tert-OH is 2. The van der Waals surface area contributed by atoms with Crippen molar-refractivity contribution in [2.75, 3.05) is 13.7 Å². The van der Waals surface area contributed by atoms with E-state index in [4.69, 9.17) is 27.8 Å². The first-order valence-electron chi connectivity index (χ1n) is 9.33. The Bertz CT molecular complexity index is 879. The molecule has 2 aromatic heterocycles. The fraction of sp³-hybridized carbons (Fsp3) is 0.333. The van der Waals surface area contributed by atoms with Gasteiger partial charge in [-0.2, -0.15) is 0 Å². The lowest BCUT2D eigenvalue weighted by atomic mass is 9.99. The van der Waals surface area contributed by atoms with Crippen LogP contribution in [0.25, 0.3) is 12.2 Å². The van der Waals surface area contributed by atoms with Gasteiger partial charge in [0.05, 0.1) is 12.5 Å². The topological polar surface area (TPSA) is 138 Å². The Morgan fingerprint density at radius 1 is 1.00 bits per heavy atom. The third-order valence-electron chi connectivity index (χ3n) is 4.37. The van der Waals surface area contributed by atoms with Crippen molar-refractivity contribution in [2.45, 2.75) is 30.7 Å². The predicted octanol–water partition coefficient (Wildman–Crippen LogP) is 1.15. The molecular weight excluding hydrogens is 412 g/mol. The molecule has 0 bridgehead atoms. The Balaban J connectivity index is 1.54. The highest BCUT2D eigenvalue weighted by Crippen LogP contribution is 2.25. The van der Waals surface area contributed by atoms with E-state index in [1.807, 2.05) is 0 Å². The number of carbonyl (C=O) groups is 2. The fourth-order valence-corrected chi connectivity index (χ4v) is 2.82. The van der Waals surface area contributed by atoms with Crippen LogP contribution in [0.3, 0.4) is 0 Å². The van der Waals surface area contributed by atoms with Crippen molar-refractivity contribution in [3.63, 3.8) is 0 Å². The average Bonchev–Trinajstić information content (AvgIpc) is 3.47. The molecule has 0 aromatic carbocycles. The van der Waals surface area contributed by atoms with Crippen LogP contribution in [0.15, 0.2) is 57.8 Å². The molecule has 10 nitrogen and oxygen atoms in total. The number of rotatable bonds is 8. The van der Waals surface area contributed by atoms with Crippen LogP contribution in [0.2, 0.25) is 0 Å². The molecule has 1 aliphatic heterocycles. The first-order valence-corrected chi connectivity index (χ1v) is 9.33. The SMILES string of the molecule is CO[C@H]1O[C@H](COC(=O)/C=C/c2ccco2)[C@@H](O)[C@H](O)[C@H]1OC(=O)/C=C/c1ccco1. The van der Waals surface area contributed by atoms with Crippen LogP contribution in [0.1, 0.15) is 11.5 Å². The zero-order valence-electron chi connectivity index (χ0n) is 16.5. The molecule has 10 heteroatoms. The lowest BCUT2D eigenvalue weighted by Gasteiger charge is -2.40. The third kappa shape index (κ3) is 6.15. The first-order chi connectivity index (χ1) is 15.0. The highest BCUT2D eigenvalue weighted by molar-refractivity contribution is 5.87. The zero-order valence-corrected chi connectivity index (χ0v) is 16.5. The number of ether oxygens (including phenoxy) is 4. The molecule has 2 aromatic rings. The quantitative estimate of drug-likeness (QED) is 0.459. The van der Waals surface area contributed by atoms with Gasteiger partial charge in [0.15, 0.2) is 12.4 Å². The maximum Gasteiger partial charge on any atom is 0.331 e. The van der Waals surface area contributed by atoms with Gasteiger partial charge in [0.1, 0.15) is 36.4 Å². The molecule has 1 saturated heterocycles. The van der Waals surface area contributed by atoms with E-state index in [1.165, 1.54) is 31.8 Å². The maximum absolute atomic E-state index is 12.0. The summed E-state index contributed by atoms with van der Waals surface area (Å²) in [6.45, 7) is -0.363. The summed E-state index contributed by atoms with van der Waals surface area (Å²) in [5.41, 5.74) is 0. The van der Waals surface area contributed by atoms with Crippen molar-refractivity contribution in [3.05, 3.63) is 60.5 Å². The molecule has 0 amide bonds. The van der Waals surface area contributed by atoms with Crippen molar-refractivity contribution < 1.29 is 47.6 Å². The number of hydrogen-bond acceptors (Lipinski definition) is 10. The van der Waals surface area contributed by atoms with Gasteiger partial charge in [-0.25, -0.2) is 9.59 Å². The van der Waals surface area contributed by atoms with Crippen LogP contribution in [0, 0.1) is 0 Å². The van der Waals surface area contributed by atoms with Crippen molar-refractivity contribution in [1.29, 1.82) is 0 Å². The molecule has 5 atom stereocenters. The molecule has 3 heterocycles. The molecule has 1 aliphatic rings. The minimum absolute atomic E-state index is 0.363. The van der Waals surface area contributed by atoms with Crippen LogP contribution in [-0.4, -0.2) is 66.6 Å². The summed E-state index contributed by atoms with van der Waals surface area (Å²) in [7, 11) is 1.28. The molecule has 0 saturated carbocycles. The summed E-state index contributed by atoms with van der Waals surface area (Å²) in [5.74, 6) is -0.603. The number of furan rings is 2. The molecule has 31 heavy (non-hydrogen) atoms. The lowest BCUT2D eigenvalue weighted by Crippen LogP contribution is -2.60. The molecule has 2 N–H and O–H groups in total. The average molecular weight is 434 g/mol. The fourth-order valence-electron chi connectivity index (χ4n) is 2.82. The second-order valence-electron chi connectivity index (χ2n) is 6.49. The van der Waals surface area contributed by atoms with E-state index in [0.29, 0.717) is 11.5 Å². The Kier molecular flexibility index (Phi) is 7.79. The molecule has 0 radical (unpaired) electrons. The van der Waals surface area contributed by atoms with Gasteiger partial charge in [-0.15, -0.1) is 0 Å². The number of carbonyl (C=O) groups excluding carboxylic acids is 2. The van der Waals surface area contributed by atoms with Crippen LogP contribution in [0.5, 0.6) is 0 Å². The van der Waals surface area contributed by atoms with E-state index in [9.17, 15) is 19.8 Å². The van der Waals surface area contributed by atoms with Crippen LogP contribution in [-0.2, 0) is 28.5 Å². The number of hydrogen-bond donors (Lipinski definition) is 2. The molecule has 1 fully saturated rings. The van der Waals surface area contributed by atoms with E-state index in [2.05, 4.69) is 0 Å². The Morgan fingerprint density at radius 3 is 2.16 bits per heavy atom. The number of methoxy groups -OCH3 is 1. The van der Waals surface area contributed by atoms with E-state index in [-0.39, 0.29) is 6.61 Å². The zero-order chi connectivity index (χ0) is 22.2. The molecule has 166 valence electrons. The van der Waals surface area contributed by atoms with E-state index < -0.39 is 42.6 Å². The van der Waals surface area contributed by atoms with Gasteiger partial charge in [0, 0.05) is 19.3 Å². The molecule has 0 spiro atoms. The van der Waals surface area contributed by atoms with E-state index >= 15 is 0 Å². The van der Waals surface area contributed by atoms with Crippen LogP contribution >= 0.6 is 0 Å². The summed E-state index contributed by atoms with van der Waals surface area (Å²) in [5, 5.41) is 20.7. The minimum atomic E-state index is -1.54. The number of esters is 2. The summed E-state index contributed by atoms with van der Waals surface area (Å²) < 4.78 is 31.0. The highest BCUT2D eigenvalue weighted by Gasteiger charge is 2.47. The third-order valence-corrected chi connectivity index (χ3v) is 4.37. The molecular formula is C21H22O10. The Morgan fingerprint density at radius 2 is 1.61 bits per heavy atom. The first kappa shape index (κ1) is 22.5. The number of aliphatic hydroxyl groups is 2. The van der Waals surface area contributed by atoms with Gasteiger partial charge in [0.25, 0.3) is 0 Å². The maximum atomic E-state index is 12.0. The Labute approximate surface area is 177 Å². The standard InChI is InChI=1S/C21H22O10/c1-26-21-20(31-17(23)9-7-14-5-3-11-28-14)19(25)18(24)15(30-21)12-29-16(22)8-6-13-4-2-10-27-13/h2-11,15,18-21,24-25H,12H2,1H3/b8-6+,9-7+/t15-,18-,19+,20-,21+/m1/s1. The van der Waals surface area contributed by atoms with Gasteiger partial charge in [-0.3, -0.25) is 0 Å². The van der Waals surface area contributed by atoms with Crippen molar-refractivity contribution in [1.82, 2.24) is 0 Å². The second-order valence-corrected chi connectivity index (χ2v) is 6.49. The van der Waals surface area contributed by atoms with E-state index in [0.717, 1.165) is 12.2 Å². The minimum Gasteiger partial charge on any atom is -0.465 e. The largest absolute Gasteiger partial charge is 0.465 e. The smallest absolute Gasteiger partial charge is 0.331 e. The van der Waals surface area contributed by atoms with Gasteiger partial charge in [-0.1, -0.05) is 0 Å². The normalized spacial score (nSPS) is 26.4. The summed E-state index contributed by atoms with van der Waals surface area (Å²) in [6, 6.07) is 6.61. The molecule has 0 aliphatic carbocycles. The van der Waals surface area contributed by atoms with E-state index in [1.54, 1.807) is 24.3 Å². The van der Waals surface area contributed by atoms with Crippen LogP contribution in [0.4, 0.5) is 0 Å². The molecule has 0 unspecified atom stereocenters. The predicted molar refractivity (Wildman–Crippen MR) is 104 cm³/mol.